The van der Waals surface area contributed by atoms with Crippen molar-refractivity contribution in [3.05, 3.63) is 12.4 Å². The van der Waals surface area contributed by atoms with Crippen LogP contribution in [0.25, 0.3) is 0 Å². The second-order valence-electron chi connectivity index (χ2n) is 4.03. The van der Waals surface area contributed by atoms with E-state index in [-0.39, 0.29) is 0 Å². The van der Waals surface area contributed by atoms with Gasteiger partial charge in [-0.1, -0.05) is 0 Å². The normalized spacial score (nSPS) is 12.2. The van der Waals surface area contributed by atoms with E-state index < -0.39 is 0 Å². The summed E-state index contributed by atoms with van der Waals surface area (Å²) in [6, 6.07) is 0.480. The van der Waals surface area contributed by atoms with Crippen LogP contribution in [0.1, 0.15) is 20.3 Å². The summed E-state index contributed by atoms with van der Waals surface area (Å²) in [5, 5.41) is 3.18. The second kappa shape index (κ2) is 7.37. The van der Waals surface area contributed by atoms with Crippen LogP contribution in [0.5, 0.6) is 0 Å². The maximum Gasteiger partial charge on any atom is 0.149 e. The van der Waals surface area contributed by atoms with E-state index in [1.54, 1.807) is 6.20 Å². The van der Waals surface area contributed by atoms with Gasteiger partial charge in [-0.15, -0.1) is 0 Å². The highest BCUT2D eigenvalue weighted by Crippen LogP contribution is 2.15. The molecule has 0 aliphatic heterocycles. The molecule has 1 aromatic heterocycles. The highest BCUT2D eigenvalue weighted by atomic mass is 32.2. The first-order valence-corrected chi connectivity index (χ1v) is 7.36. The molecular weight excluding hydrogens is 232 g/mol. The Labute approximate surface area is 108 Å². The van der Waals surface area contributed by atoms with Gasteiger partial charge in [-0.2, -0.15) is 11.8 Å². The molecule has 0 radical (unpaired) electrons. The molecule has 0 fully saturated rings. The molecule has 0 aromatic carbocycles. The predicted octanol–water partition coefficient (Wildman–Crippen LogP) is 2.49. The Morgan fingerprint density at radius 2 is 2.24 bits per heavy atom. The second-order valence-corrected chi connectivity index (χ2v) is 5.02. The summed E-state index contributed by atoms with van der Waals surface area (Å²) in [4.78, 5) is 10.9. The van der Waals surface area contributed by atoms with Crippen molar-refractivity contribution in [1.29, 1.82) is 0 Å². The summed E-state index contributed by atoms with van der Waals surface area (Å²) in [5.74, 6) is 2.94. The molecule has 1 N–H and O–H groups in total. The van der Waals surface area contributed by atoms with Gasteiger partial charge in [0, 0.05) is 19.6 Å². The van der Waals surface area contributed by atoms with Gasteiger partial charge < -0.3 is 10.2 Å². The third-order valence-electron chi connectivity index (χ3n) is 2.74. The average molecular weight is 254 g/mol. The van der Waals surface area contributed by atoms with Gasteiger partial charge in [0.1, 0.15) is 11.6 Å². The van der Waals surface area contributed by atoms with E-state index in [1.165, 1.54) is 5.75 Å². The molecule has 0 aliphatic rings. The minimum Gasteiger partial charge on any atom is -0.369 e. The first-order chi connectivity index (χ1) is 8.19. The van der Waals surface area contributed by atoms with Gasteiger partial charge in [0.25, 0.3) is 0 Å². The van der Waals surface area contributed by atoms with Crippen LogP contribution in [0.2, 0.25) is 0 Å². The molecule has 1 unspecified atom stereocenters. The molecule has 0 amide bonds. The fourth-order valence-corrected chi connectivity index (χ4v) is 2.08. The van der Waals surface area contributed by atoms with Crippen molar-refractivity contribution in [2.24, 2.45) is 0 Å². The molecule has 5 heteroatoms. The van der Waals surface area contributed by atoms with Crippen LogP contribution in [-0.2, 0) is 0 Å². The number of anilines is 2. The Morgan fingerprint density at radius 1 is 1.47 bits per heavy atom. The first kappa shape index (κ1) is 14.1. The zero-order valence-corrected chi connectivity index (χ0v) is 11.9. The summed E-state index contributed by atoms with van der Waals surface area (Å²) in [6.45, 7) is 5.14. The minimum absolute atomic E-state index is 0.480. The molecule has 4 nitrogen and oxygen atoms in total. The van der Waals surface area contributed by atoms with Crippen LogP contribution >= 0.6 is 11.8 Å². The van der Waals surface area contributed by atoms with Crippen LogP contribution in [0.3, 0.4) is 0 Å². The SMILES string of the molecule is CCNc1cncc(N(C)C(C)CCSC)n1. The van der Waals surface area contributed by atoms with E-state index in [0.717, 1.165) is 24.6 Å². The number of hydrogen-bond acceptors (Lipinski definition) is 5. The van der Waals surface area contributed by atoms with Crippen LogP contribution in [-0.4, -0.2) is 41.6 Å². The first-order valence-electron chi connectivity index (χ1n) is 5.96. The summed E-state index contributed by atoms with van der Waals surface area (Å²) < 4.78 is 0. The van der Waals surface area contributed by atoms with Crippen molar-refractivity contribution < 1.29 is 0 Å². The lowest BCUT2D eigenvalue weighted by Crippen LogP contribution is -2.30. The molecule has 1 rings (SSSR count). The average Bonchev–Trinajstić information content (AvgIpc) is 2.35. The smallest absolute Gasteiger partial charge is 0.149 e. The molecule has 96 valence electrons. The van der Waals surface area contributed by atoms with Crippen LogP contribution < -0.4 is 10.2 Å². The quantitative estimate of drug-likeness (QED) is 0.809. The largest absolute Gasteiger partial charge is 0.369 e. The Morgan fingerprint density at radius 3 is 2.88 bits per heavy atom. The van der Waals surface area contributed by atoms with Crippen molar-refractivity contribution in [2.45, 2.75) is 26.3 Å². The number of thioether (sulfide) groups is 1. The van der Waals surface area contributed by atoms with E-state index in [0.29, 0.717) is 6.04 Å². The molecular formula is C12H22N4S. The number of nitrogens with zero attached hydrogens (tertiary/aromatic N) is 3. The van der Waals surface area contributed by atoms with E-state index in [9.17, 15) is 0 Å². The van der Waals surface area contributed by atoms with Gasteiger partial charge in [0.05, 0.1) is 12.4 Å². The maximum atomic E-state index is 4.54. The highest BCUT2D eigenvalue weighted by Gasteiger charge is 2.11. The minimum atomic E-state index is 0.480. The standard InChI is InChI=1S/C12H22N4S/c1-5-14-11-8-13-9-12(15-11)16(3)10(2)6-7-17-4/h8-10H,5-7H2,1-4H3,(H,14,15). The monoisotopic (exact) mass is 254 g/mol. The van der Waals surface area contributed by atoms with Crippen molar-refractivity contribution in [3.8, 4) is 0 Å². The molecule has 0 aliphatic carbocycles. The topological polar surface area (TPSA) is 41.1 Å². The molecule has 1 atom stereocenters. The Kier molecular flexibility index (Phi) is 6.11. The summed E-state index contributed by atoms with van der Waals surface area (Å²) in [7, 11) is 2.07. The van der Waals surface area contributed by atoms with Gasteiger partial charge in [0.15, 0.2) is 0 Å². The van der Waals surface area contributed by atoms with Gasteiger partial charge in [-0.05, 0) is 32.3 Å². The number of hydrogen-bond donors (Lipinski definition) is 1. The van der Waals surface area contributed by atoms with E-state index in [2.05, 4.69) is 47.3 Å². The third-order valence-corrected chi connectivity index (χ3v) is 3.39. The molecule has 1 heterocycles. The number of nitrogens with one attached hydrogen (secondary N) is 1. The van der Waals surface area contributed by atoms with Crippen LogP contribution in [0, 0.1) is 0 Å². The lowest BCUT2D eigenvalue weighted by Gasteiger charge is -2.25. The molecule has 17 heavy (non-hydrogen) atoms. The molecule has 0 saturated carbocycles. The number of aromatic nitrogens is 2. The van der Waals surface area contributed by atoms with E-state index in [1.807, 2.05) is 18.0 Å². The fourth-order valence-electron chi connectivity index (χ4n) is 1.50. The van der Waals surface area contributed by atoms with Crippen molar-refractivity contribution in [2.75, 3.05) is 35.8 Å². The lowest BCUT2D eigenvalue weighted by molar-refractivity contribution is 0.661. The third kappa shape index (κ3) is 4.42. The lowest BCUT2D eigenvalue weighted by atomic mass is 10.2. The van der Waals surface area contributed by atoms with Crippen molar-refractivity contribution >= 4 is 23.4 Å². The fraction of sp³-hybridized carbons (Fsp3) is 0.667. The zero-order chi connectivity index (χ0) is 12.7. The molecule has 0 bridgehead atoms. The van der Waals surface area contributed by atoms with Gasteiger partial charge in [-0.3, -0.25) is 4.98 Å². The van der Waals surface area contributed by atoms with E-state index in [4.69, 9.17) is 0 Å². The molecule has 1 aromatic rings. The summed E-state index contributed by atoms with van der Waals surface area (Å²) >= 11 is 1.88. The van der Waals surface area contributed by atoms with E-state index >= 15 is 0 Å². The Balaban J connectivity index is 2.66. The van der Waals surface area contributed by atoms with Gasteiger partial charge >= 0.3 is 0 Å². The maximum absolute atomic E-state index is 4.54. The Hall–Kier alpha value is -0.970. The molecule has 0 saturated heterocycles. The Bertz CT molecular complexity index is 332. The predicted molar refractivity (Wildman–Crippen MR) is 77.1 cm³/mol. The summed E-state index contributed by atoms with van der Waals surface area (Å²) in [6.07, 6.45) is 6.87. The van der Waals surface area contributed by atoms with Crippen LogP contribution in [0.4, 0.5) is 11.6 Å². The van der Waals surface area contributed by atoms with Crippen molar-refractivity contribution in [3.63, 3.8) is 0 Å². The highest BCUT2D eigenvalue weighted by molar-refractivity contribution is 7.98. The zero-order valence-electron chi connectivity index (χ0n) is 11.1. The van der Waals surface area contributed by atoms with Gasteiger partial charge in [0.2, 0.25) is 0 Å². The van der Waals surface area contributed by atoms with Crippen molar-refractivity contribution in [1.82, 2.24) is 9.97 Å². The van der Waals surface area contributed by atoms with Crippen LogP contribution in [0.15, 0.2) is 12.4 Å². The van der Waals surface area contributed by atoms with Gasteiger partial charge in [-0.25, -0.2) is 4.98 Å². The number of rotatable bonds is 7. The molecule has 0 spiro atoms. The summed E-state index contributed by atoms with van der Waals surface area (Å²) in [5.41, 5.74) is 0.